The molecule has 0 bridgehead atoms. The summed E-state index contributed by atoms with van der Waals surface area (Å²) in [5.74, 6) is 0.893. The van der Waals surface area contributed by atoms with E-state index in [4.69, 9.17) is 10.7 Å². The van der Waals surface area contributed by atoms with Gasteiger partial charge in [-0.1, -0.05) is 43.7 Å². The zero-order valence-corrected chi connectivity index (χ0v) is 13.1. The maximum absolute atomic E-state index is 6.26. The SMILES string of the molecule is Cc1cccc(Cc2ncc3c(n2)CC(C)(C)CC3N)c1. The molecule has 1 aliphatic carbocycles. The lowest BCUT2D eigenvalue weighted by Gasteiger charge is -2.34. The lowest BCUT2D eigenvalue weighted by Crippen LogP contribution is -2.31. The summed E-state index contributed by atoms with van der Waals surface area (Å²) in [6, 6.07) is 8.59. The molecule has 0 amide bonds. The molecule has 0 aliphatic heterocycles. The first-order valence-corrected chi connectivity index (χ1v) is 7.59. The molecular formula is C18H23N3. The Morgan fingerprint density at radius 3 is 2.90 bits per heavy atom. The van der Waals surface area contributed by atoms with Crippen molar-refractivity contribution in [1.82, 2.24) is 9.97 Å². The van der Waals surface area contributed by atoms with E-state index in [0.717, 1.165) is 36.3 Å². The fourth-order valence-corrected chi connectivity index (χ4v) is 3.24. The molecule has 1 unspecified atom stereocenters. The van der Waals surface area contributed by atoms with Crippen molar-refractivity contribution in [1.29, 1.82) is 0 Å². The number of rotatable bonds is 2. The summed E-state index contributed by atoms with van der Waals surface area (Å²) >= 11 is 0. The second kappa shape index (κ2) is 5.23. The molecule has 3 rings (SSSR count). The summed E-state index contributed by atoms with van der Waals surface area (Å²) < 4.78 is 0. The Morgan fingerprint density at radius 2 is 2.14 bits per heavy atom. The van der Waals surface area contributed by atoms with Crippen LogP contribution >= 0.6 is 0 Å². The normalized spacial score (nSPS) is 20.1. The minimum absolute atomic E-state index is 0.0665. The molecule has 2 aromatic rings. The van der Waals surface area contributed by atoms with Gasteiger partial charge in [0.1, 0.15) is 5.82 Å². The largest absolute Gasteiger partial charge is 0.324 e. The van der Waals surface area contributed by atoms with Gasteiger partial charge in [0, 0.05) is 29.9 Å². The van der Waals surface area contributed by atoms with Gasteiger partial charge in [-0.25, -0.2) is 9.97 Å². The number of aromatic nitrogens is 2. The van der Waals surface area contributed by atoms with Gasteiger partial charge in [0.2, 0.25) is 0 Å². The van der Waals surface area contributed by atoms with E-state index in [1.807, 2.05) is 6.20 Å². The average molecular weight is 281 g/mol. The summed E-state index contributed by atoms with van der Waals surface area (Å²) in [7, 11) is 0. The quantitative estimate of drug-likeness (QED) is 0.918. The molecule has 110 valence electrons. The van der Waals surface area contributed by atoms with Gasteiger partial charge >= 0.3 is 0 Å². The van der Waals surface area contributed by atoms with Crippen molar-refractivity contribution in [3.8, 4) is 0 Å². The van der Waals surface area contributed by atoms with Crippen LogP contribution in [0.15, 0.2) is 30.5 Å². The molecule has 1 atom stereocenters. The smallest absolute Gasteiger partial charge is 0.132 e. The molecule has 3 nitrogen and oxygen atoms in total. The highest BCUT2D eigenvalue weighted by Gasteiger charge is 2.31. The van der Waals surface area contributed by atoms with Crippen LogP contribution in [0.5, 0.6) is 0 Å². The Balaban J connectivity index is 1.89. The molecule has 0 fully saturated rings. The predicted octanol–water partition coefficient (Wildman–Crippen LogP) is 3.35. The fraction of sp³-hybridized carbons (Fsp3) is 0.444. The van der Waals surface area contributed by atoms with Crippen LogP contribution in [0.25, 0.3) is 0 Å². The molecule has 1 aromatic carbocycles. The van der Waals surface area contributed by atoms with Crippen LogP contribution in [-0.4, -0.2) is 9.97 Å². The van der Waals surface area contributed by atoms with Crippen LogP contribution in [-0.2, 0) is 12.8 Å². The maximum atomic E-state index is 6.26. The minimum atomic E-state index is 0.0665. The zero-order valence-electron chi connectivity index (χ0n) is 13.1. The van der Waals surface area contributed by atoms with Crippen LogP contribution < -0.4 is 5.73 Å². The van der Waals surface area contributed by atoms with Crippen LogP contribution in [0.1, 0.15) is 54.5 Å². The summed E-state index contributed by atoms with van der Waals surface area (Å²) in [6.45, 7) is 6.63. The van der Waals surface area contributed by atoms with E-state index in [0.29, 0.717) is 0 Å². The zero-order chi connectivity index (χ0) is 15.0. The standard InChI is InChI=1S/C18H23N3/c1-12-5-4-6-13(7-12)8-17-20-11-14-15(19)9-18(2,3)10-16(14)21-17/h4-7,11,15H,8-10,19H2,1-3H3. The lowest BCUT2D eigenvalue weighted by molar-refractivity contribution is 0.277. The van der Waals surface area contributed by atoms with Crippen molar-refractivity contribution in [2.75, 3.05) is 0 Å². The van der Waals surface area contributed by atoms with Crippen molar-refractivity contribution in [3.63, 3.8) is 0 Å². The molecule has 0 saturated heterocycles. The van der Waals surface area contributed by atoms with Crippen LogP contribution in [0.3, 0.4) is 0 Å². The first-order chi connectivity index (χ1) is 9.93. The Hall–Kier alpha value is -1.74. The van der Waals surface area contributed by atoms with E-state index in [1.165, 1.54) is 11.1 Å². The minimum Gasteiger partial charge on any atom is -0.324 e. The van der Waals surface area contributed by atoms with E-state index in [2.05, 4.69) is 50.0 Å². The number of benzene rings is 1. The predicted molar refractivity (Wildman–Crippen MR) is 85.0 cm³/mol. The van der Waals surface area contributed by atoms with Crippen LogP contribution in [0.2, 0.25) is 0 Å². The molecule has 0 saturated carbocycles. The summed E-state index contributed by atoms with van der Waals surface area (Å²) in [5, 5.41) is 0. The molecule has 0 spiro atoms. The van der Waals surface area contributed by atoms with Gasteiger partial charge < -0.3 is 5.73 Å². The second-order valence-corrected chi connectivity index (χ2v) is 7.01. The van der Waals surface area contributed by atoms with Crippen LogP contribution in [0, 0.1) is 12.3 Å². The van der Waals surface area contributed by atoms with Crippen molar-refractivity contribution in [2.45, 2.75) is 46.1 Å². The molecule has 1 aromatic heterocycles. The number of aryl methyl sites for hydroxylation is 1. The monoisotopic (exact) mass is 281 g/mol. The summed E-state index contributed by atoms with van der Waals surface area (Å²) in [4.78, 5) is 9.32. The van der Waals surface area contributed by atoms with Gasteiger partial charge in [-0.05, 0) is 30.7 Å². The third-order valence-electron chi connectivity index (χ3n) is 4.21. The van der Waals surface area contributed by atoms with Crippen molar-refractivity contribution in [2.24, 2.45) is 11.1 Å². The van der Waals surface area contributed by atoms with E-state index in [-0.39, 0.29) is 11.5 Å². The number of fused-ring (bicyclic) bond motifs is 1. The Kier molecular flexibility index (Phi) is 3.54. The lowest BCUT2D eigenvalue weighted by atomic mass is 9.74. The number of hydrogen-bond acceptors (Lipinski definition) is 3. The Bertz CT molecular complexity index is 661. The number of nitrogens with two attached hydrogens (primary N) is 1. The number of hydrogen-bond donors (Lipinski definition) is 1. The van der Waals surface area contributed by atoms with Crippen molar-refractivity contribution >= 4 is 0 Å². The summed E-state index contributed by atoms with van der Waals surface area (Å²) in [5.41, 5.74) is 11.3. The van der Waals surface area contributed by atoms with E-state index in [9.17, 15) is 0 Å². The topological polar surface area (TPSA) is 51.8 Å². The highest BCUT2D eigenvalue weighted by molar-refractivity contribution is 5.29. The van der Waals surface area contributed by atoms with Gasteiger partial charge in [-0.2, -0.15) is 0 Å². The highest BCUT2D eigenvalue weighted by atomic mass is 14.9. The van der Waals surface area contributed by atoms with Crippen molar-refractivity contribution in [3.05, 3.63) is 58.7 Å². The molecule has 1 heterocycles. The molecule has 2 N–H and O–H groups in total. The van der Waals surface area contributed by atoms with Gasteiger partial charge in [-0.3, -0.25) is 0 Å². The van der Waals surface area contributed by atoms with Gasteiger partial charge in [0.15, 0.2) is 0 Å². The molecule has 0 radical (unpaired) electrons. The molecule has 1 aliphatic rings. The molecule has 3 heteroatoms. The third-order valence-corrected chi connectivity index (χ3v) is 4.21. The molecule has 21 heavy (non-hydrogen) atoms. The maximum Gasteiger partial charge on any atom is 0.132 e. The van der Waals surface area contributed by atoms with E-state index < -0.39 is 0 Å². The van der Waals surface area contributed by atoms with Gasteiger partial charge in [0.25, 0.3) is 0 Å². The third kappa shape index (κ3) is 3.13. The van der Waals surface area contributed by atoms with E-state index in [1.54, 1.807) is 0 Å². The van der Waals surface area contributed by atoms with Gasteiger partial charge in [0.05, 0.1) is 0 Å². The van der Waals surface area contributed by atoms with Gasteiger partial charge in [-0.15, -0.1) is 0 Å². The Labute approximate surface area is 126 Å². The van der Waals surface area contributed by atoms with E-state index >= 15 is 0 Å². The Morgan fingerprint density at radius 1 is 1.33 bits per heavy atom. The van der Waals surface area contributed by atoms with Crippen LogP contribution in [0.4, 0.5) is 0 Å². The fourth-order valence-electron chi connectivity index (χ4n) is 3.24. The number of nitrogens with zero attached hydrogens (tertiary/aromatic N) is 2. The van der Waals surface area contributed by atoms with Crippen molar-refractivity contribution < 1.29 is 0 Å². The molecular weight excluding hydrogens is 258 g/mol. The first kappa shape index (κ1) is 14.2. The highest BCUT2D eigenvalue weighted by Crippen LogP contribution is 2.38. The average Bonchev–Trinajstić information content (AvgIpc) is 2.36. The second-order valence-electron chi connectivity index (χ2n) is 7.01. The first-order valence-electron chi connectivity index (χ1n) is 7.59. The summed E-state index contributed by atoms with van der Waals surface area (Å²) in [6.07, 6.45) is 4.71.